The van der Waals surface area contributed by atoms with Crippen LogP contribution in [0.15, 0.2) is 48.5 Å². The van der Waals surface area contributed by atoms with Gasteiger partial charge in [-0.05, 0) is 42.9 Å². The van der Waals surface area contributed by atoms with Crippen LogP contribution in [0.1, 0.15) is 37.9 Å². The second-order valence-corrected chi connectivity index (χ2v) is 9.21. The van der Waals surface area contributed by atoms with Gasteiger partial charge in [-0.3, -0.25) is 14.5 Å². The van der Waals surface area contributed by atoms with Crippen molar-refractivity contribution in [3.8, 4) is 5.75 Å². The standard InChI is InChI=1S/C24H26BNO7/c1-2-13-10-17-21(18-12-20(33-24(13,18)30)16-8-3-4-9-19(16)27)23(29)26(22(17)28)15-7-5-6-14(11-15)25(31)32/h3-9,11,13,17-18,20-21,27,30-32H,2,10,12H2,1H3/t13-,17-,18-,20-,21-,24+/m0/s1. The third-order valence-electron chi connectivity index (χ3n) is 7.57. The number of hydrogen-bond acceptors (Lipinski definition) is 7. The first-order valence-corrected chi connectivity index (χ1v) is 11.3. The van der Waals surface area contributed by atoms with Gasteiger partial charge in [0.15, 0.2) is 5.79 Å². The zero-order valence-electron chi connectivity index (χ0n) is 18.2. The first-order chi connectivity index (χ1) is 15.8. The van der Waals surface area contributed by atoms with E-state index >= 15 is 0 Å². The molecule has 8 nitrogen and oxygen atoms in total. The molecule has 4 N–H and O–H groups in total. The summed E-state index contributed by atoms with van der Waals surface area (Å²) < 4.78 is 6.15. The molecule has 1 aliphatic carbocycles. The summed E-state index contributed by atoms with van der Waals surface area (Å²) >= 11 is 0. The number of phenols is 1. The van der Waals surface area contributed by atoms with Crippen molar-refractivity contribution in [3.63, 3.8) is 0 Å². The Morgan fingerprint density at radius 2 is 1.85 bits per heavy atom. The Hall–Kier alpha value is -2.72. The highest BCUT2D eigenvalue weighted by Gasteiger charge is 2.66. The average molecular weight is 451 g/mol. The highest BCUT2D eigenvalue weighted by Crippen LogP contribution is 2.59. The minimum absolute atomic E-state index is 0.0594. The molecule has 2 aliphatic heterocycles. The van der Waals surface area contributed by atoms with Crippen LogP contribution >= 0.6 is 0 Å². The van der Waals surface area contributed by atoms with Crippen molar-refractivity contribution in [2.45, 2.75) is 38.1 Å². The number of imide groups is 1. The minimum atomic E-state index is -1.72. The molecule has 33 heavy (non-hydrogen) atoms. The maximum absolute atomic E-state index is 13.6. The van der Waals surface area contributed by atoms with Crippen LogP contribution < -0.4 is 10.4 Å². The van der Waals surface area contributed by atoms with Gasteiger partial charge in [0.1, 0.15) is 5.75 Å². The number of hydrogen-bond donors (Lipinski definition) is 4. The van der Waals surface area contributed by atoms with Crippen LogP contribution in [0, 0.1) is 23.7 Å². The summed E-state index contributed by atoms with van der Waals surface area (Å²) in [7, 11) is -1.72. The first-order valence-electron chi connectivity index (χ1n) is 11.3. The molecule has 0 aromatic heterocycles. The molecule has 0 radical (unpaired) electrons. The molecule has 0 spiro atoms. The number of aromatic hydroxyl groups is 1. The topological polar surface area (TPSA) is 128 Å². The second-order valence-electron chi connectivity index (χ2n) is 9.21. The fraction of sp³-hybridized carbons (Fsp3) is 0.417. The number of rotatable bonds is 4. The van der Waals surface area contributed by atoms with E-state index in [2.05, 4.69) is 0 Å². The Bertz CT molecular complexity index is 1110. The van der Waals surface area contributed by atoms with Gasteiger partial charge in [-0.2, -0.15) is 0 Å². The Balaban J connectivity index is 1.53. The van der Waals surface area contributed by atoms with Crippen LogP contribution in [0.25, 0.3) is 0 Å². The minimum Gasteiger partial charge on any atom is -0.508 e. The Labute approximate surface area is 191 Å². The van der Waals surface area contributed by atoms with E-state index in [9.17, 15) is 29.9 Å². The van der Waals surface area contributed by atoms with Crippen LogP contribution in [0.3, 0.4) is 0 Å². The highest BCUT2D eigenvalue weighted by molar-refractivity contribution is 6.58. The number of aliphatic hydroxyl groups is 1. The summed E-state index contributed by atoms with van der Waals surface area (Å²) in [5.74, 6) is -4.61. The molecule has 2 aromatic carbocycles. The lowest BCUT2D eigenvalue weighted by Crippen LogP contribution is -2.53. The van der Waals surface area contributed by atoms with Gasteiger partial charge in [0.25, 0.3) is 0 Å². The zero-order valence-corrected chi connectivity index (χ0v) is 18.2. The summed E-state index contributed by atoms with van der Waals surface area (Å²) in [4.78, 5) is 28.1. The number of ether oxygens (including phenoxy) is 1. The van der Waals surface area contributed by atoms with Gasteiger partial charge in [-0.1, -0.05) is 37.3 Å². The van der Waals surface area contributed by atoms with Crippen LogP contribution in [-0.2, 0) is 14.3 Å². The van der Waals surface area contributed by atoms with Crippen molar-refractivity contribution in [1.82, 2.24) is 0 Å². The molecule has 0 unspecified atom stereocenters. The normalized spacial score (nSPS) is 33.2. The van der Waals surface area contributed by atoms with Crippen molar-refractivity contribution in [1.29, 1.82) is 0 Å². The van der Waals surface area contributed by atoms with Crippen LogP contribution in [0.4, 0.5) is 5.69 Å². The third kappa shape index (κ3) is 3.30. The Morgan fingerprint density at radius 3 is 2.55 bits per heavy atom. The number of nitrogens with zero attached hydrogens (tertiary/aromatic N) is 1. The van der Waals surface area contributed by atoms with E-state index in [-0.39, 0.29) is 28.7 Å². The quantitative estimate of drug-likeness (QED) is 0.405. The van der Waals surface area contributed by atoms with E-state index in [1.54, 1.807) is 36.4 Å². The summed E-state index contributed by atoms with van der Waals surface area (Å²) in [6.45, 7) is 1.92. The molecule has 172 valence electrons. The third-order valence-corrected chi connectivity index (χ3v) is 7.57. The van der Waals surface area contributed by atoms with Crippen molar-refractivity contribution < 1.29 is 34.6 Å². The second kappa shape index (κ2) is 7.95. The molecule has 6 atom stereocenters. The van der Waals surface area contributed by atoms with Gasteiger partial charge >= 0.3 is 7.12 Å². The predicted molar refractivity (Wildman–Crippen MR) is 119 cm³/mol. The summed E-state index contributed by atoms with van der Waals surface area (Å²) in [5.41, 5.74) is 0.998. The van der Waals surface area contributed by atoms with Crippen molar-refractivity contribution in [2.75, 3.05) is 4.90 Å². The Kier molecular flexibility index (Phi) is 5.32. The maximum atomic E-state index is 13.6. The molecule has 2 aromatic rings. The molecule has 2 heterocycles. The van der Waals surface area contributed by atoms with Crippen molar-refractivity contribution in [2.24, 2.45) is 23.7 Å². The van der Waals surface area contributed by atoms with E-state index in [1.165, 1.54) is 12.1 Å². The molecule has 9 heteroatoms. The zero-order chi connectivity index (χ0) is 23.5. The number of para-hydroxylation sites is 1. The van der Waals surface area contributed by atoms with Crippen molar-refractivity contribution in [3.05, 3.63) is 54.1 Å². The fourth-order valence-corrected chi connectivity index (χ4v) is 5.98. The lowest BCUT2D eigenvalue weighted by molar-refractivity contribution is -0.269. The molecule has 5 rings (SSSR count). The SMILES string of the molecule is CC[C@H]1C[C@@H]2C(=O)N(c3cccc(B(O)O)c3)C(=O)[C@@H]2[C@@H]2C[C@@H](c3ccccc3O)O[C@]12O. The van der Waals surface area contributed by atoms with E-state index in [1.807, 2.05) is 6.92 Å². The molecule has 0 bridgehead atoms. The van der Waals surface area contributed by atoms with Gasteiger partial charge in [0.05, 0.1) is 23.6 Å². The van der Waals surface area contributed by atoms with Crippen LogP contribution in [0.2, 0.25) is 0 Å². The summed E-state index contributed by atoms with van der Waals surface area (Å²) in [6.07, 6.45) is 0.579. The number of fused-ring (bicyclic) bond motifs is 3. The molecular weight excluding hydrogens is 425 g/mol. The Morgan fingerprint density at radius 1 is 1.09 bits per heavy atom. The van der Waals surface area contributed by atoms with Gasteiger partial charge in [0, 0.05) is 17.4 Å². The lowest BCUT2D eigenvalue weighted by atomic mass is 9.64. The summed E-state index contributed by atoms with van der Waals surface area (Å²) in [5, 5.41) is 41.0. The highest BCUT2D eigenvalue weighted by atomic mass is 16.6. The van der Waals surface area contributed by atoms with E-state index in [0.29, 0.717) is 24.8 Å². The smallest absolute Gasteiger partial charge is 0.488 e. The van der Waals surface area contributed by atoms with Gasteiger partial charge in [-0.15, -0.1) is 0 Å². The van der Waals surface area contributed by atoms with Crippen LogP contribution in [-0.4, -0.2) is 45.0 Å². The molecular formula is C24H26BNO7. The molecule has 1 saturated carbocycles. The molecule has 2 amide bonds. The maximum Gasteiger partial charge on any atom is 0.488 e. The molecule has 3 fully saturated rings. The first kappa shape index (κ1) is 22.1. The van der Waals surface area contributed by atoms with E-state index in [4.69, 9.17) is 4.74 Å². The fourth-order valence-electron chi connectivity index (χ4n) is 5.98. The van der Waals surface area contributed by atoms with E-state index < -0.39 is 42.7 Å². The number of anilines is 1. The monoisotopic (exact) mass is 451 g/mol. The van der Waals surface area contributed by atoms with Crippen molar-refractivity contribution >= 4 is 30.1 Å². The van der Waals surface area contributed by atoms with Gasteiger partial charge < -0.3 is 25.0 Å². The lowest BCUT2D eigenvalue weighted by Gasteiger charge is -2.44. The number of amides is 2. The predicted octanol–water partition coefficient (Wildman–Crippen LogP) is 1.07. The number of phenolic OH excluding ortho intramolecular Hbond substituents is 1. The number of carbonyl (C=O) groups is 2. The van der Waals surface area contributed by atoms with Gasteiger partial charge in [0.2, 0.25) is 11.8 Å². The summed E-state index contributed by atoms with van der Waals surface area (Å²) in [6, 6.07) is 12.8. The van der Waals surface area contributed by atoms with E-state index in [0.717, 1.165) is 4.90 Å². The molecule has 3 aliphatic rings. The molecule has 2 saturated heterocycles. The largest absolute Gasteiger partial charge is 0.508 e. The van der Waals surface area contributed by atoms with Crippen LogP contribution in [0.5, 0.6) is 5.75 Å². The average Bonchev–Trinajstić information content (AvgIpc) is 3.27. The number of carbonyl (C=O) groups excluding carboxylic acids is 2. The number of benzene rings is 2. The van der Waals surface area contributed by atoms with Gasteiger partial charge in [-0.25, -0.2) is 0 Å².